The molecule has 144 valence electrons. The fourth-order valence-corrected chi connectivity index (χ4v) is 3.02. The Morgan fingerprint density at radius 2 is 1.85 bits per heavy atom. The SMILES string of the molecule is CN(C)CCCNc1cc(C(=O)N2CCN(c3ncccn3)CC2)ccn1. The number of carbonyl (C=O) groups is 1. The van der Waals surface area contributed by atoms with E-state index in [-0.39, 0.29) is 5.91 Å². The van der Waals surface area contributed by atoms with Crippen molar-refractivity contribution in [3.8, 4) is 0 Å². The molecular formula is C19H27N7O. The number of piperazine rings is 1. The molecule has 1 saturated heterocycles. The molecule has 1 fully saturated rings. The molecule has 0 aliphatic carbocycles. The maximum absolute atomic E-state index is 12.8. The van der Waals surface area contributed by atoms with E-state index in [1.807, 2.05) is 11.0 Å². The van der Waals surface area contributed by atoms with E-state index in [0.29, 0.717) is 18.7 Å². The van der Waals surface area contributed by atoms with Crippen LogP contribution in [0.4, 0.5) is 11.8 Å². The Morgan fingerprint density at radius 1 is 1.11 bits per heavy atom. The summed E-state index contributed by atoms with van der Waals surface area (Å²) in [5.74, 6) is 1.51. The standard InChI is InChI=1S/C19H27N7O/c1-24(2)10-4-8-20-17-15-16(5-9-21-17)18(27)25-11-13-26(14-12-25)19-22-6-3-7-23-19/h3,5-7,9,15H,4,8,10-14H2,1-2H3,(H,20,21). The Morgan fingerprint density at radius 3 is 2.56 bits per heavy atom. The molecule has 0 bridgehead atoms. The molecule has 1 aliphatic rings. The molecule has 3 rings (SSSR count). The van der Waals surface area contributed by atoms with E-state index in [9.17, 15) is 4.79 Å². The van der Waals surface area contributed by atoms with E-state index in [0.717, 1.165) is 44.4 Å². The molecule has 0 spiro atoms. The quantitative estimate of drug-likeness (QED) is 0.735. The van der Waals surface area contributed by atoms with Crippen LogP contribution in [-0.4, -0.2) is 84.0 Å². The summed E-state index contributed by atoms with van der Waals surface area (Å²) in [6.45, 7) is 4.63. The van der Waals surface area contributed by atoms with Crippen molar-refractivity contribution in [3.63, 3.8) is 0 Å². The third kappa shape index (κ3) is 5.37. The second-order valence-corrected chi connectivity index (χ2v) is 6.84. The predicted molar refractivity (Wildman–Crippen MR) is 106 cm³/mol. The maximum Gasteiger partial charge on any atom is 0.254 e. The Balaban J connectivity index is 1.53. The van der Waals surface area contributed by atoms with Gasteiger partial charge in [0.25, 0.3) is 5.91 Å². The van der Waals surface area contributed by atoms with Crippen molar-refractivity contribution in [3.05, 3.63) is 42.4 Å². The van der Waals surface area contributed by atoms with Crippen LogP contribution in [0.15, 0.2) is 36.8 Å². The van der Waals surface area contributed by atoms with Gasteiger partial charge in [-0.25, -0.2) is 15.0 Å². The molecular weight excluding hydrogens is 342 g/mol. The van der Waals surface area contributed by atoms with Crippen molar-refractivity contribution < 1.29 is 4.79 Å². The summed E-state index contributed by atoms with van der Waals surface area (Å²) in [5.41, 5.74) is 0.671. The summed E-state index contributed by atoms with van der Waals surface area (Å²) in [6, 6.07) is 5.42. The van der Waals surface area contributed by atoms with E-state index < -0.39 is 0 Å². The first-order valence-corrected chi connectivity index (χ1v) is 9.29. The monoisotopic (exact) mass is 369 g/mol. The summed E-state index contributed by atoms with van der Waals surface area (Å²) < 4.78 is 0. The topological polar surface area (TPSA) is 77.5 Å². The molecule has 0 atom stereocenters. The number of hydrogen-bond donors (Lipinski definition) is 1. The van der Waals surface area contributed by atoms with Crippen molar-refractivity contribution in [1.82, 2.24) is 24.8 Å². The Bertz CT molecular complexity index is 730. The van der Waals surface area contributed by atoms with Crippen LogP contribution in [-0.2, 0) is 0 Å². The number of hydrogen-bond acceptors (Lipinski definition) is 7. The van der Waals surface area contributed by atoms with Gasteiger partial charge in [0, 0.05) is 56.9 Å². The van der Waals surface area contributed by atoms with Crippen LogP contribution >= 0.6 is 0 Å². The first kappa shape index (κ1) is 19.0. The molecule has 2 aromatic rings. The number of pyridine rings is 1. The zero-order valence-corrected chi connectivity index (χ0v) is 16.0. The van der Waals surface area contributed by atoms with Gasteiger partial charge in [-0.05, 0) is 45.3 Å². The third-order valence-corrected chi connectivity index (χ3v) is 4.50. The second-order valence-electron chi connectivity index (χ2n) is 6.84. The van der Waals surface area contributed by atoms with E-state index in [1.165, 1.54) is 0 Å². The van der Waals surface area contributed by atoms with Gasteiger partial charge in [0.2, 0.25) is 5.95 Å². The Hall–Kier alpha value is -2.74. The number of rotatable bonds is 7. The van der Waals surface area contributed by atoms with Crippen LogP contribution in [0.25, 0.3) is 0 Å². The summed E-state index contributed by atoms with van der Waals surface area (Å²) in [7, 11) is 4.11. The average molecular weight is 369 g/mol. The van der Waals surface area contributed by atoms with Crippen LogP contribution in [0.2, 0.25) is 0 Å². The fourth-order valence-electron chi connectivity index (χ4n) is 3.02. The molecule has 1 amide bonds. The normalized spacial score (nSPS) is 14.5. The van der Waals surface area contributed by atoms with Crippen LogP contribution in [0.5, 0.6) is 0 Å². The van der Waals surface area contributed by atoms with Crippen LogP contribution < -0.4 is 10.2 Å². The summed E-state index contributed by atoms with van der Waals surface area (Å²) in [5, 5.41) is 3.29. The van der Waals surface area contributed by atoms with Gasteiger partial charge in [-0.2, -0.15) is 0 Å². The first-order chi connectivity index (χ1) is 13.1. The Labute approximate surface area is 160 Å². The minimum Gasteiger partial charge on any atom is -0.370 e. The number of carbonyl (C=O) groups excluding carboxylic acids is 1. The summed E-state index contributed by atoms with van der Waals surface area (Å²) in [4.78, 5) is 31.8. The number of anilines is 2. The van der Waals surface area contributed by atoms with Crippen molar-refractivity contribution in [2.75, 3.05) is 63.6 Å². The van der Waals surface area contributed by atoms with Crippen LogP contribution in [0.1, 0.15) is 16.8 Å². The van der Waals surface area contributed by atoms with Crippen molar-refractivity contribution >= 4 is 17.7 Å². The van der Waals surface area contributed by atoms with Gasteiger partial charge < -0.3 is 20.0 Å². The second kappa shape index (κ2) is 9.27. The maximum atomic E-state index is 12.8. The van der Waals surface area contributed by atoms with E-state index in [4.69, 9.17) is 0 Å². The number of amides is 1. The van der Waals surface area contributed by atoms with Crippen molar-refractivity contribution in [1.29, 1.82) is 0 Å². The molecule has 0 radical (unpaired) electrons. The van der Waals surface area contributed by atoms with Gasteiger partial charge in [-0.15, -0.1) is 0 Å². The van der Waals surface area contributed by atoms with Crippen LogP contribution in [0.3, 0.4) is 0 Å². The molecule has 0 aromatic carbocycles. The number of nitrogens with zero attached hydrogens (tertiary/aromatic N) is 6. The highest BCUT2D eigenvalue weighted by atomic mass is 16.2. The average Bonchev–Trinajstić information content (AvgIpc) is 2.71. The van der Waals surface area contributed by atoms with Gasteiger partial charge in [-0.3, -0.25) is 4.79 Å². The number of nitrogens with one attached hydrogen (secondary N) is 1. The van der Waals surface area contributed by atoms with E-state index >= 15 is 0 Å². The highest BCUT2D eigenvalue weighted by Gasteiger charge is 2.23. The van der Waals surface area contributed by atoms with E-state index in [2.05, 4.69) is 44.2 Å². The highest BCUT2D eigenvalue weighted by molar-refractivity contribution is 5.95. The van der Waals surface area contributed by atoms with Gasteiger partial charge >= 0.3 is 0 Å². The van der Waals surface area contributed by atoms with Gasteiger partial charge in [0.05, 0.1) is 0 Å². The molecule has 3 heterocycles. The summed E-state index contributed by atoms with van der Waals surface area (Å²) in [6.07, 6.45) is 6.19. The Kier molecular flexibility index (Phi) is 6.54. The van der Waals surface area contributed by atoms with Gasteiger partial charge in [-0.1, -0.05) is 0 Å². The minimum absolute atomic E-state index is 0.0439. The lowest BCUT2D eigenvalue weighted by atomic mass is 10.2. The molecule has 8 nitrogen and oxygen atoms in total. The molecule has 1 aliphatic heterocycles. The van der Waals surface area contributed by atoms with E-state index in [1.54, 1.807) is 30.7 Å². The minimum atomic E-state index is 0.0439. The van der Waals surface area contributed by atoms with Crippen molar-refractivity contribution in [2.24, 2.45) is 0 Å². The van der Waals surface area contributed by atoms with Gasteiger partial charge in [0.15, 0.2) is 0 Å². The largest absolute Gasteiger partial charge is 0.370 e. The van der Waals surface area contributed by atoms with Gasteiger partial charge in [0.1, 0.15) is 5.82 Å². The summed E-state index contributed by atoms with van der Waals surface area (Å²) >= 11 is 0. The predicted octanol–water partition coefficient (Wildman–Crippen LogP) is 1.20. The smallest absolute Gasteiger partial charge is 0.254 e. The fraction of sp³-hybridized carbons (Fsp3) is 0.474. The van der Waals surface area contributed by atoms with Crippen LogP contribution in [0, 0.1) is 0 Å². The first-order valence-electron chi connectivity index (χ1n) is 9.29. The highest BCUT2D eigenvalue weighted by Crippen LogP contribution is 2.14. The third-order valence-electron chi connectivity index (χ3n) is 4.50. The van der Waals surface area contributed by atoms with Crippen molar-refractivity contribution in [2.45, 2.75) is 6.42 Å². The molecule has 0 unspecified atom stereocenters. The zero-order chi connectivity index (χ0) is 19.1. The number of aromatic nitrogens is 3. The lowest BCUT2D eigenvalue weighted by Crippen LogP contribution is -2.49. The molecule has 1 N–H and O–H groups in total. The molecule has 27 heavy (non-hydrogen) atoms. The lowest BCUT2D eigenvalue weighted by molar-refractivity contribution is 0.0746. The molecule has 0 saturated carbocycles. The lowest BCUT2D eigenvalue weighted by Gasteiger charge is -2.34. The zero-order valence-electron chi connectivity index (χ0n) is 16.0. The molecule has 2 aromatic heterocycles. The molecule has 8 heteroatoms.